The van der Waals surface area contributed by atoms with E-state index in [2.05, 4.69) is 22.4 Å². The fourth-order valence-corrected chi connectivity index (χ4v) is 1.76. The van der Waals surface area contributed by atoms with E-state index in [1.54, 1.807) is 0 Å². The Kier molecular flexibility index (Phi) is 2.79. The first-order chi connectivity index (χ1) is 6.81. The summed E-state index contributed by atoms with van der Waals surface area (Å²) >= 11 is 0. The molecule has 1 aliphatic rings. The van der Waals surface area contributed by atoms with Crippen molar-refractivity contribution in [3.8, 4) is 0 Å². The van der Waals surface area contributed by atoms with Crippen molar-refractivity contribution >= 4 is 0 Å². The molecule has 5 nitrogen and oxygen atoms in total. The number of aliphatic hydroxyl groups is 1. The standard InChI is InChI=1S/C9H15N3O2/c1-6-4-10-5-7(6)9-11-8(2-3-13)12-14-9/h6-7,10,13H,2-5H2,1H3/t6-,7-/m1/s1. The number of hydrogen-bond acceptors (Lipinski definition) is 5. The summed E-state index contributed by atoms with van der Waals surface area (Å²) in [4.78, 5) is 4.25. The fourth-order valence-electron chi connectivity index (χ4n) is 1.76. The fraction of sp³-hybridized carbons (Fsp3) is 0.778. The zero-order valence-corrected chi connectivity index (χ0v) is 8.23. The smallest absolute Gasteiger partial charge is 0.231 e. The predicted octanol–water partition coefficient (Wildman–Crippen LogP) is -0.0727. The molecular weight excluding hydrogens is 182 g/mol. The predicted molar refractivity (Wildman–Crippen MR) is 49.9 cm³/mol. The van der Waals surface area contributed by atoms with Gasteiger partial charge in [-0.15, -0.1) is 0 Å². The molecule has 5 heteroatoms. The molecule has 0 amide bonds. The van der Waals surface area contributed by atoms with Crippen molar-refractivity contribution in [1.29, 1.82) is 0 Å². The molecular formula is C9H15N3O2. The molecule has 0 radical (unpaired) electrons. The Morgan fingerprint density at radius 3 is 3.07 bits per heavy atom. The number of nitrogens with zero attached hydrogens (tertiary/aromatic N) is 2. The third-order valence-corrected chi connectivity index (χ3v) is 2.65. The topological polar surface area (TPSA) is 71.2 Å². The lowest BCUT2D eigenvalue weighted by atomic mass is 9.98. The summed E-state index contributed by atoms with van der Waals surface area (Å²) in [5, 5.41) is 15.8. The molecule has 14 heavy (non-hydrogen) atoms. The Labute approximate surface area is 82.5 Å². The quantitative estimate of drug-likeness (QED) is 0.709. The van der Waals surface area contributed by atoms with Crippen molar-refractivity contribution in [3.63, 3.8) is 0 Å². The molecule has 1 saturated heterocycles. The van der Waals surface area contributed by atoms with Gasteiger partial charge in [0.05, 0.1) is 12.5 Å². The van der Waals surface area contributed by atoms with Crippen molar-refractivity contribution in [2.45, 2.75) is 19.3 Å². The van der Waals surface area contributed by atoms with E-state index >= 15 is 0 Å². The van der Waals surface area contributed by atoms with Gasteiger partial charge in [0.1, 0.15) is 0 Å². The zero-order chi connectivity index (χ0) is 9.97. The normalized spacial score (nSPS) is 27.0. The lowest BCUT2D eigenvalue weighted by molar-refractivity contribution is 0.291. The van der Waals surface area contributed by atoms with Crippen LogP contribution in [0.2, 0.25) is 0 Å². The van der Waals surface area contributed by atoms with Gasteiger partial charge in [0.15, 0.2) is 5.82 Å². The van der Waals surface area contributed by atoms with Crippen molar-refractivity contribution in [3.05, 3.63) is 11.7 Å². The highest BCUT2D eigenvalue weighted by molar-refractivity contribution is 5.00. The third-order valence-electron chi connectivity index (χ3n) is 2.65. The van der Waals surface area contributed by atoms with Crippen molar-refractivity contribution in [1.82, 2.24) is 15.5 Å². The van der Waals surface area contributed by atoms with Crippen LogP contribution in [0.15, 0.2) is 4.52 Å². The van der Waals surface area contributed by atoms with E-state index < -0.39 is 0 Å². The molecule has 78 valence electrons. The molecule has 0 saturated carbocycles. The second kappa shape index (κ2) is 4.06. The minimum Gasteiger partial charge on any atom is -0.396 e. The zero-order valence-electron chi connectivity index (χ0n) is 8.23. The summed E-state index contributed by atoms with van der Waals surface area (Å²) < 4.78 is 5.16. The Bertz CT molecular complexity index is 300. The lowest BCUT2D eigenvalue weighted by Gasteiger charge is -2.07. The van der Waals surface area contributed by atoms with Gasteiger partial charge in [0.2, 0.25) is 5.89 Å². The van der Waals surface area contributed by atoms with Crippen LogP contribution >= 0.6 is 0 Å². The molecule has 2 heterocycles. The molecule has 0 unspecified atom stereocenters. The van der Waals surface area contributed by atoms with Crippen LogP contribution in [-0.4, -0.2) is 34.9 Å². The van der Waals surface area contributed by atoms with E-state index in [0.717, 1.165) is 13.1 Å². The Balaban J connectivity index is 2.08. The molecule has 1 aromatic heterocycles. The summed E-state index contributed by atoms with van der Waals surface area (Å²) in [6, 6.07) is 0. The molecule has 1 aliphatic heterocycles. The molecule has 0 bridgehead atoms. The summed E-state index contributed by atoms with van der Waals surface area (Å²) in [7, 11) is 0. The van der Waals surface area contributed by atoms with E-state index in [-0.39, 0.29) is 6.61 Å². The number of aromatic nitrogens is 2. The van der Waals surface area contributed by atoms with Crippen LogP contribution in [0.4, 0.5) is 0 Å². The SMILES string of the molecule is C[C@@H]1CNC[C@H]1c1nc(CCO)no1. The van der Waals surface area contributed by atoms with E-state index in [0.29, 0.717) is 30.0 Å². The van der Waals surface area contributed by atoms with Crippen LogP contribution in [0.1, 0.15) is 24.6 Å². The number of aliphatic hydroxyl groups excluding tert-OH is 1. The van der Waals surface area contributed by atoms with Gasteiger partial charge >= 0.3 is 0 Å². The maximum Gasteiger partial charge on any atom is 0.231 e. The van der Waals surface area contributed by atoms with Gasteiger partial charge in [0.25, 0.3) is 0 Å². The highest BCUT2D eigenvalue weighted by Gasteiger charge is 2.29. The summed E-state index contributed by atoms with van der Waals surface area (Å²) in [6.07, 6.45) is 0.470. The van der Waals surface area contributed by atoms with Crippen molar-refractivity contribution in [2.24, 2.45) is 5.92 Å². The van der Waals surface area contributed by atoms with Crippen LogP contribution in [0.5, 0.6) is 0 Å². The maximum absolute atomic E-state index is 8.71. The Morgan fingerprint density at radius 2 is 2.43 bits per heavy atom. The van der Waals surface area contributed by atoms with E-state index in [4.69, 9.17) is 9.63 Å². The first kappa shape index (κ1) is 9.61. The second-order valence-electron chi connectivity index (χ2n) is 3.76. The van der Waals surface area contributed by atoms with Crippen LogP contribution in [-0.2, 0) is 6.42 Å². The monoisotopic (exact) mass is 197 g/mol. The summed E-state index contributed by atoms with van der Waals surface area (Å²) in [5.41, 5.74) is 0. The largest absolute Gasteiger partial charge is 0.396 e. The molecule has 1 aromatic rings. The number of rotatable bonds is 3. The average Bonchev–Trinajstić information content (AvgIpc) is 2.74. The van der Waals surface area contributed by atoms with Crippen molar-refractivity contribution < 1.29 is 9.63 Å². The van der Waals surface area contributed by atoms with Gasteiger partial charge in [0, 0.05) is 13.0 Å². The minimum atomic E-state index is 0.0669. The molecule has 0 aromatic carbocycles. The van der Waals surface area contributed by atoms with Gasteiger partial charge in [-0.3, -0.25) is 0 Å². The van der Waals surface area contributed by atoms with Gasteiger partial charge in [-0.25, -0.2) is 0 Å². The van der Waals surface area contributed by atoms with Gasteiger partial charge < -0.3 is 14.9 Å². The molecule has 2 N–H and O–H groups in total. The van der Waals surface area contributed by atoms with Gasteiger partial charge in [-0.05, 0) is 12.5 Å². The second-order valence-corrected chi connectivity index (χ2v) is 3.76. The average molecular weight is 197 g/mol. The highest BCUT2D eigenvalue weighted by atomic mass is 16.5. The summed E-state index contributed by atoms with van der Waals surface area (Å²) in [5.74, 6) is 2.17. The van der Waals surface area contributed by atoms with E-state index in [9.17, 15) is 0 Å². The van der Waals surface area contributed by atoms with Gasteiger partial charge in [-0.1, -0.05) is 12.1 Å². The number of nitrogens with one attached hydrogen (secondary N) is 1. The molecule has 2 atom stereocenters. The Hall–Kier alpha value is -0.940. The van der Waals surface area contributed by atoms with Crippen molar-refractivity contribution in [2.75, 3.05) is 19.7 Å². The van der Waals surface area contributed by atoms with Crippen LogP contribution in [0.3, 0.4) is 0 Å². The van der Waals surface area contributed by atoms with E-state index in [1.165, 1.54) is 0 Å². The maximum atomic E-state index is 8.71. The molecule has 0 aliphatic carbocycles. The van der Waals surface area contributed by atoms with Crippen LogP contribution in [0.25, 0.3) is 0 Å². The highest BCUT2D eigenvalue weighted by Crippen LogP contribution is 2.25. The van der Waals surface area contributed by atoms with E-state index in [1.807, 2.05) is 0 Å². The minimum absolute atomic E-state index is 0.0669. The van der Waals surface area contributed by atoms with Crippen LogP contribution in [0, 0.1) is 5.92 Å². The first-order valence-corrected chi connectivity index (χ1v) is 4.95. The first-order valence-electron chi connectivity index (χ1n) is 4.95. The lowest BCUT2D eigenvalue weighted by Crippen LogP contribution is -2.08. The summed E-state index contributed by atoms with van der Waals surface area (Å²) in [6.45, 7) is 4.14. The molecule has 0 spiro atoms. The van der Waals surface area contributed by atoms with Crippen LogP contribution < -0.4 is 5.32 Å². The number of hydrogen-bond donors (Lipinski definition) is 2. The molecule has 2 rings (SSSR count). The Morgan fingerprint density at radius 1 is 1.57 bits per heavy atom. The van der Waals surface area contributed by atoms with Gasteiger partial charge in [-0.2, -0.15) is 4.98 Å². The molecule has 1 fully saturated rings. The third kappa shape index (κ3) is 1.78.